The van der Waals surface area contributed by atoms with E-state index < -0.39 is 18.1 Å². The summed E-state index contributed by atoms with van der Waals surface area (Å²) in [6.45, 7) is 7.06. The van der Waals surface area contributed by atoms with E-state index in [2.05, 4.69) is 30.4 Å². The van der Waals surface area contributed by atoms with Crippen molar-refractivity contribution < 1.29 is 24.2 Å². The maximum atomic E-state index is 12.0. The molecule has 2 amide bonds. The average Bonchev–Trinajstić information content (AvgIpc) is 2.84. The highest BCUT2D eigenvalue weighted by atomic mass is 16.6. The number of carbonyl (C=O) groups is 3. The molecule has 0 bridgehead atoms. The quantitative estimate of drug-likeness (QED) is 0.426. The number of rotatable bonds is 10. The second-order valence-corrected chi connectivity index (χ2v) is 9.39. The Hall–Kier alpha value is -3.93. The van der Waals surface area contributed by atoms with Gasteiger partial charge in [-0.15, -0.1) is 0 Å². The van der Waals surface area contributed by atoms with E-state index in [-0.39, 0.29) is 18.4 Å². The minimum absolute atomic E-state index is 0.0147. The number of hydrogen-bond acceptors (Lipinski definition) is 9. The summed E-state index contributed by atoms with van der Waals surface area (Å²) in [6.07, 6.45) is 1.12. The number of carbonyl (C=O) groups excluding carboxylic acids is 2. The number of aromatic nitrogens is 2. The smallest absolute Gasteiger partial charge is 0.414 e. The largest absolute Gasteiger partial charge is 0.480 e. The number of anilines is 2. The Morgan fingerprint density at radius 3 is 2.35 bits per heavy atom. The summed E-state index contributed by atoms with van der Waals surface area (Å²) in [6, 6.07) is 7.64. The molecule has 0 radical (unpaired) electrons. The minimum Gasteiger partial charge on any atom is -0.480 e. The van der Waals surface area contributed by atoms with Crippen molar-refractivity contribution >= 4 is 29.6 Å². The lowest BCUT2D eigenvalue weighted by molar-refractivity contribution is -0.137. The second kappa shape index (κ2) is 12.9. The summed E-state index contributed by atoms with van der Waals surface area (Å²) < 4.78 is 5.20. The van der Waals surface area contributed by atoms with Gasteiger partial charge in [-0.3, -0.25) is 9.69 Å². The van der Waals surface area contributed by atoms with Gasteiger partial charge in [-0.2, -0.15) is 0 Å². The van der Waals surface area contributed by atoms with Crippen LogP contribution in [0.2, 0.25) is 0 Å². The first-order valence-electron chi connectivity index (χ1n) is 12.2. The lowest BCUT2D eigenvalue weighted by Crippen LogP contribution is -2.50. The molecule has 1 atom stereocenters. The van der Waals surface area contributed by atoms with Crippen LogP contribution in [0.4, 0.5) is 16.4 Å². The monoisotopic (exact) mass is 513 g/mol. The average molecular weight is 514 g/mol. The molecular weight excluding hydrogens is 478 g/mol. The minimum atomic E-state index is -1.02. The third-order valence-corrected chi connectivity index (χ3v) is 5.72. The van der Waals surface area contributed by atoms with Crippen LogP contribution in [0.25, 0.3) is 0 Å². The van der Waals surface area contributed by atoms with E-state index in [1.54, 1.807) is 44.4 Å². The Morgan fingerprint density at radius 1 is 1.08 bits per heavy atom. The molecule has 12 nitrogen and oxygen atoms in total. The first-order chi connectivity index (χ1) is 17.6. The summed E-state index contributed by atoms with van der Waals surface area (Å²) in [5.41, 5.74) is 0.761. The Labute approximate surface area is 216 Å². The van der Waals surface area contributed by atoms with Crippen LogP contribution in [0, 0.1) is 0 Å². The van der Waals surface area contributed by atoms with Crippen LogP contribution in [0.5, 0.6) is 5.75 Å². The normalized spacial score (nSPS) is 14.7. The molecule has 2 aromatic rings. The van der Waals surface area contributed by atoms with E-state index in [1.807, 2.05) is 13.8 Å². The van der Waals surface area contributed by atoms with Crippen molar-refractivity contribution in [1.29, 1.82) is 0 Å². The number of nitrogens with zero attached hydrogens (tertiary/aromatic N) is 5. The maximum absolute atomic E-state index is 12.0. The predicted octanol–water partition coefficient (Wildman–Crippen LogP) is 1.29. The van der Waals surface area contributed by atoms with Crippen molar-refractivity contribution in [2.24, 2.45) is 0 Å². The van der Waals surface area contributed by atoms with Crippen LogP contribution in [-0.2, 0) is 16.0 Å². The van der Waals surface area contributed by atoms with Crippen molar-refractivity contribution in [3.05, 3.63) is 42.2 Å². The van der Waals surface area contributed by atoms with Crippen molar-refractivity contribution in [2.75, 3.05) is 57.0 Å². The number of benzene rings is 1. The third kappa shape index (κ3) is 8.60. The lowest BCUT2D eigenvalue weighted by atomic mass is 10.1. The van der Waals surface area contributed by atoms with Crippen molar-refractivity contribution in [1.82, 2.24) is 25.1 Å². The van der Waals surface area contributed by atoms with Gasteiger partial charge in [0, 0.05) is 58.8 Å². The van der Waals surface area contributed by atoms with Gasteiger partial charge in [0.1, 0.15) is 29.8 Å². The standard InChI is InChI=1S/C25H35N7O5/c1-17(2)28-23(33)15-31-9-11-32(12-10-31)22-14-21(26-16-27-22)29-20(24(34)35)13-18-5-7-19(8-6-18)37-25(36)30(3)4/h5-8,14,16-17,20H,9-13,15H2,1-4H3,(H,28,33)(H,34,35)(H,26,27,29)/t20-/m0/s1. The molecule has 2 heterocycles. The molecule has 1 aromatic heterocycles. The first-order valence-corrected chi connectivity index (χ1v) is 12.2. The molecule has 0 spiro atoms. The van der Waals surface area contributed by atoms with E-state index in [4.69, 9.17) is 4.74 Å². The fraction of sp³-hybridized carbons (Fsp3) is 0.480. The molecule has 200 valence electrons. The van der Waals surface area contributed by atoms with E-state index in [0.717, 1.165) is 18.7 Å². The van der Waals surface area contributed by atoms with Crippen LogP contribution in [0.3, 0.4) is 0 Å². The Kier molecular flexibility index (Phi) is 9.61. The van der Waals surface area contributed by atoms with Crippen molar-refractivity contribution in [2.45, 2.75) is 32.4 Å². The van der Waals surface area contributed by atoms with E-state index in [0.29, 0.717) is 37.0 Å². The van der Waals surface area contributed by atoms with Gasteiger partial charge in [-0.1, -0.05) is 12.1 Å². The molecule has 0 aliphatic carbocycles. The van der Waals surface area contributed by atoms with Crippen LogP contribution in [0.1, 0.15) is 19.4 Å². The molecule has 1 aliphatic heterocycles. The van der Waals surface area contributed by atoms with Crippen LogP contribution in [0.15, 0.2) is 36.7 Å². The van der Waals surface area contributed by atoms with Gasteiger partial charge in [0.25, 0.3) is 0 Å². The lowest BCUT2D eigenvalue weighted by Gasteiger charge is -2.35. The van der Waals surface area contributed by atoms with Gasteiger partial charge in [0.2, 0.25) is 5.91 Å². The molecule has 37 heavy (non-hydrogen) atoms. The highest BCUT2D eigenvalue weighted by Gasteiger charge is 2.22. The zero-order valence-corrected chi connectivity index (χ0v) is 21.7. The summed E-state index contributed by atoms with van der Waals surface area (Å²) >= 11 is 0. The van der Waals surface area contributed by atoms with E-state index >= 15 is 0 Å². The molecule has 3 rings (SSSR count). The number of carboxylic acid groups (broad SMARTS) is 1. The van der Waals surface area contributed by atoms with Gasteiger partial charge in [0.05, 0.1) is 6.54 Å². The number of piperazine rings is 1. The number of carboxylic acids is 1. The fourth-order valence-corrected chi connectivity index (χ4v) is 3.80. The maximum Gasteiger partial charge on any atom is 0.414 e. The SMILES string of the molecule is CC(C)NC(=O)CN1CCN(c2cc(N[C@@H](Cc3ccc(OC(=O)N(C)C)cc3)C(=O)O)ncn2)CC1. The van der Waals surface area contributed by atoms with Gasteiger partial charge in [-0.05, 0) is 31.5 Å². The number of amides is 2. The van der Waals surface area contributed by atoms with Gasteiger partial charge < -0.3 is 30.3 Å². The summed E-state index contributed by atoms with van der Waals surface area (Å²) in [7, 11) is 3.18. The van der Waals surface area contributed by atoms with Crippen LogP contribution >= 0.6 is 0 Å². The molecule has 1 saturated heterocycles. The molecule has 1 aromatic carbocycles. The molecule has 1 fully saturated rings. The Balaban J connectivity index is 1.57. The first kappa shape index (κ1) is 27.7. The van der Waals surface area contributed by atoms with E-state index in [1.165, 1.54) is 11.2 Å². The van der Waals surface area contributed by atoms with E-state index in [9.17, 15) is 19.5 Å². The predicted molar refractivity (Wildman–Crippen MR) is 139 cm³/mol. The molecule has 3 N–H and O–H groups in total. The zero-order valence-electron chi connectivity index (χ0n) is 21.7. The number of aliphatic carboxylic acids is 1. The summed E-state index contributed by atoms with van der Waals surface area (Å²) in [5.74, 6) is 0.480. The van der Waals surface area contributed by atoms with Gasteiger partial charge in [-0.25, -0.2) is 19.6 Å². The highest BCUT2D eigenvalue weighted by molar-refractivity contribution is 5.78. The zero-order chi connectivity index (χ0) is 26.9. The van der Waals surface area contributed by atoms with Crippen molar-refractivity contribution in [3.63, 3.8) is 0 Å². The van der Waals surface area contributed by atoms with Gasteiger partial charge in [0.15, 0.2) is 0 Å². The summed E-state index contributed by atoms with van der Waals surface area (Å²) in [5, 5.41) is 15.7. The summed E-state index contributed by atoms with van der Waals surface area (Å²) in [4.78, 5) is 49.7. The molecule has 0 saturated carbocycles. The van der Waals surface area contributed by atoms with Crippen molar-refractivity contribution in [3.8, 4) is 5.75 Å². The second-order valence-electron chi connectivity index (χ2n) is 9.39. The van der Waals surface area contributed by atoms with Crippen LogP contribution in [-0.4, -0.2) is 102 Å². The molecular formula is C25H35N7O5. The third-order valence-electron chi connectivity index (χ3n) is 5.72. The van der Waals surface area contributed by atoms with Gasteiger partial charge >= 0.3 is 12.1 Å². The Bertz CT molecular complexity index is 1070. The number of hydrogen-bond donors (Lipinski definition) is 3. The van der Waals surface area contributed by atoms with Crippen LogP contribution < -0.4 is 20.3 Å². The number of nitrogens with one attached hydrogen (secondary N) is 2. The number of ether oxygens (including phenoxy) is 1. The topological polar surface area (TPSA) is 140 Å². The Morgan fingerprint density at radius 2 is 1.76 bits per heavy atom. The molecule has 1 aliphatic rings. The fourth-order valence-electron chi connectivity index (χ4n) is 3.80. The highest BCUT2D eigenvalue weighted by Crippen LogP contribution is 2.19. The molecule has 0 unspecified atom stereocenters. The molecule has 12 heteroatoms.